The fourth-order valence-electron chi connectivity index (χ4n) is 4.15. The molecule has 8 heteroatoms. The van der Waals surface area contributed by atoms with E-state index in [0.29, 0.717) is 37.4 Å². The van der Waals surface area contributed by atoms with Gasteiger partial charge >= 0.3 is 12.1 Å². The lowest BCUT2D eigenvalue weighted by molar-refractivity contribution is -0.00444. The van der Waals surface area contributed by atoms with E-state index < -0.39 is 11.4 Å². The Bertz CT molecular complexity index is 969. The number of hydrogen-bond donors (Lipinski definition) is 1. The predicted molar refractivity (Wildman–Crippen MR) is 116 cm³/mol. The number of urea groups is 1. The molecule has 1 N–H and O–H groups in total. The minimum absolute atomic E-state index is 0.193. The zero-order valence-corrected chi connectivity index (χ0v) is 18.7. The minimum atomic E-state index is -0.577. The third-order valence-electron chi connectivity index (χ3n) is 5.68. The van der Waals surface area contributed by atoms with Crippen LogP contribution in [0, 0.1) is 12.7 Å². The number of dihydropyridines is 1. The van der Waals surface area contributed by atoms with E-state index in [0.717, 1.165) is 17.0 Å². The standard InChI is InChI=1S/C23H29FN4O3/c1-14-7-6-8-18(24)20(14)27-11-16-10-25-15(2)9-19(16)28(21(27)29)17-12-26(13-17)22(30)31-23(3,4)5/h6-9,17,25H,10-13H2,1-5H3. The van der Waals surface area contributed by atoms with Gasteiger partial charge in [0.2, 0.25) is 0 Å². The summed E-state index contributed by atoms with van der Waals surface area (Å²) in [6.07, 6.45) is 1.57. The number of para-hydroxylation sites is 1. The van der Waals surface area contributed by atoms with E-state index in [-0.39, 0.29) is 18.2 Å². The zero-order valence-electron chi connectivity index (χ0n) is 18.7. The van der Waals surface area contributed by atoms with Gasteiger partial charge in [0.1, 0.15) is 11.4 Å². The number of allylic oxidation sites excluding steroid dienone is 2. The van der Waals surface area contributed by atoms with E-state index in [2.05, 4.69) is 5.32 Å². The van der Waals surface area contributed by atoms with Gasteiger partial charge in [-0.2, -0.15) is 0 Å². The average Bonchev–Trinajstić information content (AvgIpc) is 2.61. The van der Waals surface area contributed by atoms with E-state index in [4.69, 9.17) is 4.74 Å². The number of rotatable bonds is 2. The third-order valence-corrected chi connectivity index (χ3v) is 5.68. The predicted octanol–water partition coefficient (Wildman–Crippen LogP) is 3.76. The van der Waals surface area contributed by atoms with Crippen LogP contribution in [0.15, 0.2) is 41.2 Å². The Morgan fingerprint density at radius 2 is 1.94 bits per heavy atom. The fourth-order valence-corrected chi connectivity index (χ4v) is 4.15. The summed E-state index contributed by atoms with van der Waals surface area (Å²) in [5, 5.41) is 3.31. The van der Waals surface area contributed by atoms with Gasteiger partial charge in [-0.1, -0.05) is 12.1 Å². The summed E-state index contributed by atoms with van der Waals surface area (Å²) in [7, 11) is 0. The van der Waals surface area contributed by atoms with E-state index in [1.807, 2.05) is 33.8 Å². The monoisotopic (exact) mass is 428 g/mol. The molecular weight excluding hydrogens is 399 g/mol. The van der Waals surface area contributed by atoms with E-state index in [1.165, 1.54) is 11.0 Å². The second kappa shape index (κ2) is 7.59. The summed E-state index contributed by atoms with van der Waals surface area (Å²) < 4.78 is 20.2. The fraction of sp³-hybridized carbons (Fsp3) is 0.478. The van der Waals surface area contributed by atoms with Crippen LogP contribution in [0.25, 0.3) is 0 Å². The molecule has 4 rings (SSSR count). The lowest BCUT2D eigenvalue weighted by Gasteiger charge is -2.49. The number of carbonyl (C=O) groups excluding carboxylic acids is 2. The van der Waals surface area contributed by atoms with Crippen molar-refractivity contribution in [3.63, 3.8) is 0 Å². The normalized spacial score (nSPS) is 19.6. The number of halogens is 1. The summed E-state index contributed by atoms with van der Waals surface area (Å²) in [5.41, 5.74) is 3.27. The van der Waals surface area contributed by atoms with Crippen molar-refractivity contribution in [2.45, 2.75) is 46.3 Å². The molecule has 3 aliphatic heterocycles. The lowest BCUT2D eigenvalue weighted by Crippen LogP contribution is -2.66. The second-order valence-corrected chi connectivity index (χ2v) is 9.35. The summed E-state index contributed by atoms with van der Waals surface area (Å²) >= 11 is 0. The van der Waals surface area contributed by atoms with E-state index >= 15 is 0 Å². The van der Waals surface area contributed by atoms with Gasteiger partial charge in [-0.05, 0) is 57.9 Å². The van der Waals surface area contributed by atoms with Crippen molar-refractivity contribution in [2.24, 2.45) is 0 Å². The van der Waals surface area contributed by atoms with Gasteiger partial charge in [-0.15, -0.1) is 0 Å². The third kappa shape index (κ3) is 3.98. The number of nitrogens with one attached hydrogen (secondary N) is 1. The van der Waals surface area contributed by atoms with Crippen LogP contribution < -0.4 is 10.2 Å². The molecule has 3 amide bonds. The van der Waals surface area contributed by atoms with Gasteiger partial charge < -0.3 is 15.0 Å². The Labute approximate surface area is 182 Å². The van der Waals surface area contributed by atoms with Crippen molar-refractivity contribution in [2.75, 3.05) is 31.1 Å². The van der Waals surface area contributed by atoms with Crippen LogP contribution in [0.3, 0.4) is 0 Å². The lowest BCUT2D eigenvalue weighted by atomic mass is 9.99. The van der Waals surface area contributed by atoms with Crippen LogP contribution in [0.2, 0.25) is 0 Å². The number of aryl methyl sites for hydroxylation is 1. The molecule has 0 aromatic heterocycles. The first kappa shape index (κ1) is 21.2. The van der Waals surface area contributed by atoms with Crippen molar-refractivity contribution in [1.29, 1.82) is 0 Å². The number of likely N-dealkylation sites (tertiary alicyclic amines) is 1. The summed E-state index contributed by atoms with van der Waals surface area (Å²) in [6, 6.07) is 4.36. The van der Waals surface area contributed by atoms with Gasteiger partial charge in [0.25, 0.3) is 0 Å². The highest BCUT2D eigenvalue weighted by molar-refractivity contribution is 5.97. The Hall–Kier alpha value is -3.03. The van der Waals surface area contributed by atoms with Crippen LogP contribution in [-0.4, -0.2) is 59.7 Å². The molecule has 3 aliphatic rings. The molecule has 0 radical (unpaired) electrons. The Morgan fingerprint density at radius 1 is 1.23 bits per heavy atom. The van der Waals surface area contributed by atoms with Crippen molar-refractivity contribution < 1.29 is 18.7 Å². The first-order chi connectivity index (χ1) is 14.5. The molecule has 0 bridgehead atoms. The molecule has 1 aromatic carbocycles. The molecule has 0 spiro atoms. The maximum Gasteiger partial charge on any atom is 0.410 e. The first-order valence-corrected chi connectivity index (χ1v) is 10.5. The molecule has 3 heterocycles. The Balaban J connectivity index is 1.63. The molecule has 31 heavy (non-hydrogen) atoms. The number of carbonyl (C=O) groups is 2. The van der Waals surface area contributed by atoms with Gasteiger partial charge in [0, 0.05) is 25.3 Å². The molecule has 1 aromatic rings. The number of nitrogens with zero attached hydrogens (tertiary/aromatic N) is 3. The summed E-state index contributed by atoms with van der Waals surface area (Å²) in [5.74, 6) is -0.420. The smallest absolute Gasteiger partial charge is 0.410 e. The van der Waals surface area contributed by atoms with E-state index in [1.54, 1.807) is 28.9 Å². The molecular formula is C23H29FN4O3. The average molecular weight is 429 g/mol. The molecule has 0 unspecified atom stereocenters. The van der Waals surface area contributed by atoms with Crippen molar-refractivity contribution in [1.82, 2.24) is 15.1 Å². The number of benzene rings is 1. The van der Waals surface area contributed by atoms with Crippen LogP contribution in [-0.2, 0) is 4.74 Å². The van der Waals surface area contributed by atoms with Gasteiger partial charge in [0.15, 0.2) is 0 Å². The molecule has 166 valence electrons. The van der Waals surface area contributed by atoms with Crippen molar-refractivity contribution in [3.8, 4) is 0 Å². The van der Waals surface area contributed by atoms with Crippen molar-refractivity contribution in [3.05, 3.63) is 52.6 Å². The number of hydrogen-bond acceptors (Lipinski definition) is 4. The van der Waals surface area contributed by atoms with Gasteiger partial charge in [-0.25, -0.2) is 14.0 Å². The second-order valence-electron chi connectivity index (χ2n) is 9.35. The first-order valence-electron chi connectivity index (χ1n) is 10.5. The maximum absolute atomic E-state index is 14.7. The van der Waals surface area contributed by atoms with Crippen LogP contribution in [0.5, 0.6) is 0 Å². The highest BCUT2D eigenvalue weighted by Gasteiger charge is 2.45. The Morgan fingerprint density at radius 3 is 2.58 bits per heavy atom. The topological polar surface area (TPSA) is 65.1 Å². The van der Waals surface area contributed by atoms with Crippen LogP contribution in [0.4, 0.5) is 19.7 Å². The van der Waals surface area contributed by atoms with Crippen LogP contribution in [0.1, 0.15) is 33.3 Å². The zero-order chi connectivity index (χ0) is 22.5. The maximum atomic E-state index is 14.7. The van der Waals surface area contributed by atoms with E-state index in [9.17, 15) is 14.0 Å². The SMILES string of the molecule is CC1=CC2=C(CN1)CN(c1c(C)cccc1F)C(=O)N2C1CN(C(=O)OC(C)(C)C)C1. The molecule has 1 fully saturated rings. The molecule has 1 saturated heterocycles. The largest absolute Gasteiger partial charge is 0.444 e. The van der Waals surface area contributed by atoms with Gasteiger partial charge in [-0.3, -0.25) is 9.80 Å². The number of ether oxygens (including phenoxy) is 1. The van der Waals surface area contributed by atoms with Gasteiger partial charge in [0.05, 0.1) is 24.0 Å². The molecule has 0 atom stereocenters. The number of anilines is 1. The minimum Gasteiger partial charge on any atom is -0.444 e. The highest BCUT2D eigenvalue weighted by atomic mass is 19.1. The molecule has 0 aliphatic carbocycles. The highest BCUT2D eigenvalue weighted by Crippen LogP contribution is 2.35. The molecule has 0 saturated carbocycles. The summed E-state index contributed by atoms with van der Waals surface area (Å²) in [6.45, 7) is 10.9. The summed E-state index contributed by atoms with van der Waals surface area (Å²) in [4.78, 5) is 30.8. The van der Waals surface area contributed by atoms with Crippen molar-refractivity contribution >= 4 is 17.8 Å². The quantitative estimate of drug-likeness (QED) is 0.779. The number of amides is 3. The Kier molecular flexibility index (Phi) is 5.19. The molecule has 7 nitrogen and oxygen atoms in total. The van der Waals surface area contributed by atoms with Crippen LogP contribution >= 0.6 is 0 Å².